The second-order valence-electron chi connectivity index (χ2n) is 6.39. The van der Waals surface area contributed by atoms with Gasteiger partial charge in [-0.2, -0.15) is 13.2 Å². The van der Waals surface area contributed by atoms with E-state index in [1.165, 1.54) is 25.3 Å². The monoisotopic (exact) mass is 445 g/mol. The van der Waals surface area contributed by atoms with Gasteiger partial charge in [0, 0.05) is 16.9 Å². The maximum Gasteiger partial charge on any atom is 0.416 e. The predicted molar refractivity (Wildman–Crippen MR) is 119 cm³/mol. The standard InChI is InChI=1S/C22H18F3N3O2S/c1-30-19-11-10-14(20(29)26-16-7-3-2-4-8-16)12-18(19)28-21(31)27-17-9-5-6-15(13-17)22(23,24)25/h2-13H,1H3,(H,26,29)(H2,27,28,31). The molecule has 5 nitrogen and oxygen atoms in total. The number of para-hydroxylation sites is 1. The first-order valence-corrected chi connectivity index (χ1v) is 9.47. The van der Waals surface area contributed by atoms with Gasteiger partial charge < -0.3 is 20.7 Å². The number of methoxy groups -OCH3 is 1. The number of alkyl halides is 3. The van der Waals surface area contributed by atoms with Crippen molar-refractivity contribution in [2.75, 3.05) is 23.1 Å². The first kappa shape index (κ1) is 22.1. The molecule has 0 heterocycles. The molecule has 0 fully saturated rings. The second kappa shape index (κ2) is 9.48. The van der Waals surface area contributed by atoms with Crippen LogP contribution in [0.15, 0.2) is 72.8 Å². The van der Waals surface area contributed by atoms with E-state index in [0.29, 0.717) is 22.7 Å². The van der Waals surface area contributed by atoms with Crippen LogP contribution in [0.4, 0.5) is 30.2 Å². The molecule has 31 heavy (non-hydrogen) atoms. The molecule has 3 N–H and O–H groups in total. The van der Waals surface area contributed by atoms with Gasteiger partial charge in [0.1, 0.15) is 5.75 Å². The number of thiocarbonyl (C=S) groups is 1. The second-order valence-corrected chi connectivity index (χ2v) is 6.80. The van der Waals surface area contributed by atoms with Crippen LogP contribution in [0.25, 0.3) is 0 Å². The minimum Gasteiger partial charge on any atom is -0.495 e. The van der Waals surface area contributed by atoms with Crippen LogP contribution in [0.2, 0.25) is 0 Å². The molecule has 3 aromatic rings. The van der Waals surface area contributed by atoms with Crippen molar-refractivity contribution >= 4 is 40.3 Å². The number of hydrogen-bond acceptors (Lipinski definition) is 3. The Labute approximate surface area is 182 Å². The van der Waals surface area contributed by atoms with Gasteiger partial charge >= 0.3 is 6.18 Å². The lowest BCUT2D eigenvalue weighted by Gasteiger charge is -2.15. The zero-order chi connectivity index (χ0) is 22.4. The molecule has 0 aromatic heterocycles. The molecule has 0 spiro atoms. The molecule has 0 saturated heterocycles. The zero-order valence-electron chi connectivity index (χ0n) is 16.3. The van der Waals surface area contributed by atoms with E-state index in [2.05, 4.69) is 16.0 Å². The molecule has 0 saturated carbocycles. The molecular weight excluding hydrogens is 427 g/mol. The summed E-state index contributed by atoms with van der Waals surface area (Å²) >= 11 is 5.22. The highest BCUT2D eigenvalue weighted by atomic mass is 32.1. The van der Waals surface area contributed by atoms with Gasteiger partial charge in [0.05, 0.1) is 18.4 Å². The molecular formula is C22H18F3N3O2S. The van der Waals surface area contributed by atoms with Gasteiger partial charge in [0.2, 0.25) is 0 Å². The van der Waals surface area contributed by atoms with Crippen LogP contribution in [-0.4, -0.2) is 18.1 Å². The van der Waals surface area contributed by atoms with E-state index >= 15 is 0 Å². The SMILES string of the molecule is COc1ccc(C(=O)Nc2ccccc2)cc1NC(=S)Nc1cccc(C(F)(F)F)c1. The Bertz CT molecular complexity index is 1090. The summed E-state index contributed by atoms with van der Waals surface area (Å²) in [7, 11) is 1.45. The fourth-order valence-corrected chi connectivity index (χ4v) is 2.96. The summed E-state index contributed by atoms with van der Waals surface area (Å²) in [6, 6.07) is 18.3. The molecule has 0 bridgehead atoms. The van der Waals surface area contributed by atoms with Crippen molar-refractivity contribution < 1.29 is 22.7 Å². The van der Waals surface area contributed by atoms with Gasteiger partial charge in [-0.25, -0.2) is 0 Å². The fourth-order valence-electron chi connectivity index (χ4n) is 2.73. The molecule has 0 unspecified atom stereocenters. The van der Waals surface area contributed by atoms with E-state index in [4.69, 9.17) is 17.0 Å². The van der Waals surface area contributed by atoms with Crippen molar-refractivity contribution in [1.82, 2.24) is 0 Å². The van der Waals surface area contributed by atoms with E-state index in [0.717, 1.165) is 12.1 Å². The van der Waals surface area contributed by atoms with Crippen molar-refractivity contribution in [3.63, 3.8) is 0 Å². The minimum atomic E-state index is -4.46. The van der Waals surface area contributed by atoms with Crippen LogP contribution >= 0.6 is 12.2 Å². The van der Waals surface area contributed by atoms with Gasteiger partial charge in [0.25, 0.3) is 5.91 Å². The maximum absolute atomic E-state index is 12.9. The van der Waals surface area contributed by atoms with Crippen LogP contribution in [0.5, 0.6) is 5.75 Å². The minimum absolute atomic E-state index is 0.0400. The molecule has 160 valence electrons. The van der Waals surface area contributed by atoms with Crippen molar-refractivity contribution in [3.8, 4) is 5.75 Å². The average molecular weight is 445 g/mol. The number of anilines is 3. The number of carbonyl (C=O) groups is 1. The smallest absolute Gasteiger partial charge is 0.416 e. The summed E-state index contributed by atoms with van der Waals surface area (Å²) < 4.78 is 44.0. The summed E-state index contributed by atoms with van der Waals surface area (Å²) in [5.41, 5.74) is 0.739. The normalized spacial score (nSPS) is 10.8. The molecule has 0 aliphatic rings. The lowest BCUT2D eigenvalue weighted by atomic mass is 10.1. The third-order valence-electron chi connectivity index (χ3n) is 4.19. The van der Waals surface area contributed by atoms with Crippen molar-refractivity contribution in [2.45, 2.75) is 6.18 Å². The molecule has 0 atom stereocenters. The van der Waals surface area contributed by atoms with Crippen molar-refractivity contribution in [3.05, 3.63) is 83.9 Å². The number of amides is 1. The number of halogens is 3. The van der Waals surface area contributed by atoms with Crippen molar-refractivity contribution in [1.29, 1.82) is 0 Å². The van der Waals surface area contributed by atoms with Crippen LogP contribution in [0.1, 0.15) is 15.9 Å². The number of benzene rings is 3. The van der Waals surface area contributed by atoms with Gasteiger partial charge in [-0.1, -0.05) is 24.3 Å². The molecule has 0 aliphatic carbocycles. The van der Waals surface area contributed by atoms with E-state index in [-0.39, 0.29) is 16.7 Å². The highest BCUT2D eigenvalue weighted by molar-refractivity contribution is 7.80. The van der Waals surface area contributed by atoms with Crippen LogP contribution in [-0.2, 0) is 6.18 Å². The first-order chi connectivity index (χ1) is 14.8. The zero-order valence-corrected chi connectivity index (χ0v) is 17.1. The van der Waals surface area contributed by atoms with Gasteiger partial charge in [-0.05, 0) is 60.7 Å². The maximum atomic E-state index is 12.9. The van der Waals surface area contributed by atoms with E-state index < -0.39 is 11.7 Å². The Morgan fingerprint density at radius 2 is 1.58 bits per heavy atom. The molecule has 0 aliphatic heterocycles. The topological polar surface area (TPSA) is 62.4 Å². The number of ether oxygens (including phenoxy) is 1. The summed E-state index contributed by atoms with van der Waals surface area (Å²) in [5, 5.41) is 8.38. The Balaban J connectivity index is 1.75. The summed E-state index contributed by atoms with van der Waals surface area (Å²) in [6.07, 6.45) is -4.46. The highest BCUT2D eigenvalue weighted by Crippen LogP contribution is 2.31. The van der Waals surface area contributed by atoms with Crippen LogP contribution < -0.4 is 20.7 Å². The van der Waals surface area contributed by atoms with Gasteiger partial charge in [-0.3, -0.25) is 4.79 Å². The summed E-state index contributed by atoms with van der Waals surface area (Å²) in [6.45, 7) is 0. The first-order valence-electron chi connectivity index (χ1n) is 9.06. The van der Waals surface area contributed by atoms with Crippen molar-refractivity contribution in [2.24, 2.45) is 0 Å². The largest absolute Gasteiger partial charge is 0.495 e. The highest BCUT2D eigenvalue weighted by Gasteiger charge is 2.30. The Kier molecular flexibility index (Phi) is 6.76. The average Bonchev–Trinajstić information content (AvgIpc) is 2.74. The molecule has 9 heteroatoms. The third kappa shape index (κ3) is 5.95. The Morgan fingerprint density at radius 1 is 0.871 bits per heavy atom. The predicted octanol–water partition coefficient (Wildman–Crippen LogP) is 5.78. The quantitative estimate of drug-likeness (QED) is 0.435. The van der Waals surface area contributed by atoms with Crippen LogP contribution in [0.3, 0.4) is 0 Å². The molecule has 1 amide bonds. The van der Waals surface area contributed by atoms with Gasteiger partial charge in [0.15, 0.2) is 5.11 Å². The van der Waals surface area contributed by atoms with E-state index in [1.54, 1.807) is 36.4 Å². The Hall–Kier alpha value is -3.59. The number of hydrogen-bond donors (Lipinski definition) is 3. The van der Waals surface area contributed by atoms with E-state index in [1.807, 2.05) is 6.07 Å². The third-order valence-corrected chi connectivity index (χ3v) is 4.39. The summed E-state index contributed by atoms with van der Waals surface area (Å²) in [5.74, 6) is 0.0677. The number of nitrogens with one attached hydrogen (secondary N) is 3. The lowest BCUT2D eigenvalue weighted by Crippen LogP contribution is -2.20. The van der Waals surface area contributed by atoms with Gasteiger partial charge in [-0.15, -0.1) is 0 Å². The molecule has 3 rings (SSSR count). The Morgan fingerprint density at radius 3 is 2.26 bits per heavy atom. The lowest BCUT2D eigenvalue weighted by molar-refractivity contribution is -0.137. The summed E-state index contributed by atoms with van der Waals surface area (Å²) in [4.78, 5) is 12.5. The van der Waals surface area contributed by atoms with E-state index in [9.17, 15) is 18.0 Å². The number of carbonyl (C=O) groups excluding carboxylic acids is 1. The molecule has 0 radical (unpaired) electrons. The number of rotatable bonds is 5. The fraction of sp³-hybridized carbons (Fsp3) is 0.0909. The molecule has 3 aromatic carbocycles. The van der Waals surface area contributed by atoms with Crippen LogP contribution in [0, 0.1) is 0 Å².